The molecule has 0 bridgehead atoms. The van der Waals surface area contributed by atoms with Gasteiger partial charge in [0, 0.05) is 0 Å². The molecule has 0 unspecified atom stereocenters. The summed E-state index contributed by atoms with van der Waals surface area (Å²) in [6.07, 6.45) is 0. The molecule has 14 heavy (non-hydrogen) atoms. The van der Waals surface area contributed by atoms with Crippen LogP contribution in [0.1, 0.15) is 13.8 Å². The van der Waals surface area contributed by atoms with Crippen LogP contribution in [-0.2, 0) is 0 Å². The summed E-state index contributed by atoms with van der Waals surface area (Å²) in [7, 11) is 0. The summed E-state index contributed by atoms with van der Waals surface area (Å²) in [5.74, 6) is 0.0729. The molecule has 2 rings (SSSR count). The van der Waals surface area contributed by atoms with Gasteiger partial charge in [0.1, 0.15) is 0 Å². The zero-order chi connectivity index (χ0) is 9.68. The minimum atomic E-state index is 0. The maximum Gasteiger partial charge on any atom is 1.00 e. The summed E-state index contributed by atoms with van der Waals surface area (Å²) in [5.41, 5.74) is 0. The SMILES string of the molecule is CC.[Na+].[O-]c1ccc2ccccc2c1. The van der Waals surface area contributed by atoms with Gasteiger partial charge in [-0.15, -0.1) is 5.75 Å². The van der Waals surface area contributed by atoms with Crippen molar-refractivity contribution in [2.45, 2.75) is 13.8 Å². The van der Waals surface area contributed by atoms with Crippen LogP contribution >= 0.6 is 0 Å². The van der Waals surface area contributed by atoms with Crippen molar-refractivity contribution in [2.75, 3.05) is 0 Å². The molecule has 1 nitrogen and oxygen atoms in total. The summed E-state index contributed by atoms with van der Waals surface area (Å²) in [4.78, 5) is 0. The number of benzene rings is 2. The number of hydrogen-bond donors (Lipinski definition) is 0. The molecule has 68 valence electrons. The fourth-order valence-electron chi connectivity index (χ4n) is 1.17. The second kappa shape index (κ2) is 6.88. The van der Waals surface area contributed by atoms with E-state index in [4.69, 9.17) is 0 Å². The third-order valence-electron chi connectivity index (χ3n) is 1.72. The van der Waals surface area contributed by atoms with Gasteiger partial charge in [-0.1, -0.05) is 56.3 Å². The van der Waals surface area contributed by atoms with Gasteiger partial charge in [0.2, 0.25) is 0 Å². The summed E-state index contributed by atoms with van der Waals surface area (Å²) in [6, 6.07) is 12.9. The van der Waals surface area contributed by atoms with Crippen LogP contribution < -0.4 is 34.7 Å². The van der Waals surface area contributed by atoms with Gasteiger partial charge in [0.15, 0.2) is 0 Å². The topological polar surface area (TPSA) is 23.1 Å². The van der Waals surface area contributed by atoms with Crippen molar-refractivity contribution in [3.63, 3.8) is 0 Å². The van der Waals surface area contributed by atoms with Crippen molar-refractivity contribution < 1.29 is 34.7 Å². The smallest absolute Gasteiger partial charge is 0.872 e. The van der Waals surface area contributed by atoms with Crippen LogP contribution in [0.25, 0.3) is 10.8 Å². The van der Waals surface area contributed by atoms with Crippen LogP contribution in [0.4, 0.5) is 0 Å². The Labute approximate surface area is 107 Å². The molecule has 0 amide bonds. The molecule has 0 spiro atoms. The van der Waals surface area contributed by atoms with E-state index >= 15 is 0 Å². The van der Waals surface area contributed by atoms with Crippen LogP contribution in [0.2, 0.25) is 0 Å². The summed E-state index contributed by atoms with van der Waals surface area (Å²) < 4.78 is 0. The Morgan fingerprint density at radius 1 is 0.857 bits per heavy atom. The molecule has 0 atom stereocenters. The number of hydrogen-bond acceptors (Lipinski definition) is 1. The van der Waals surface area contributed by atoms with Crippen LogP contribution in [0.3, 0.4) is 0 Å². The molecule has 0 N–H and O–H groups in total. The van der Waals surface area contributed by atoms with E-state index in [1.54, 1.807) is 12.1 Å². The van der Waals surface area contributed by atoms with E-state index in [0.717, 1.165) is 10.8 Å². The van der Waals surface area contributed by atoms with Crippen molar-refractivity contribution in [3.8, 4) is 5.75 Å². The number of fused-ring (bicyclic) bond motifs is 1. The van der Waals surface area contributed by atoms with Gasteiger partial charge >= 0.3 is 29.6 Å². The molecule has 0 aliphatic carbocycles. The van der Waals surface area contributed by atoms with Crippen molar-refractivity contribution in [3.05, 3.63) is 42.5 Å². The first-order valence-corrected chi connectivity index (χ1v) is 4.52. The van der Waals surface area contributed by atoms with E-state index < -0.39 is 0 Å². The molecule has 2 aromatic rings. The van der Waals surface area contributed by atoms with Crippen molar-refractivity contribution in [2.24, 2.45) is 0 Å². The van der Waals surface area contributed by atoms with Crippen molar-refractivity contribution in [1.82, 2.24) is 0 Å². The zero-order valence-electron chi connectivity index (χ0n) is 8.95. The predicted octanol–water partition coefficient (Wildman–Crippen LogP) is -0.0564. The first kappa shape index (κ1) is 13.5. The van der Waals surface area contributed by atoms with Gasteiger partial charge in [0.05, 0.1) is 0 Å². The Kier molecular flexibility index (Phi) is 6.64. The van der Waals surface area contributed by atoms with Crippen LogP contribution in [-0.4, -0.2) is 0 Å². The molecule has 0 radical (unpaired) electrons. The van der Waals surface area contributed by atoms with E-state index in [9.17, 15) is 5.11 Å². The molecule has 0 saturated carbocycles. The average molecular weight is 196 g/mol. The van der Waals surface area contributed by atoms with Gasteiger partial charge in [-0.25, -0.2) is 0 Å². The summed E-state index contributed by atoms with van der Waals surface area (Å²) >= 11 is 0. The van der Waals surface area contributed by atoms with Gasteiger partial charge in [-0.05, 0) is 10.8 Å². The molecule has 0 aliphatic heterocycles. The Morgan fingerprint density at radius 2 is 1.43 bits per heavy atom. The standard InChI is InChI=1S/C10H8O.C2H6.Na/c11-10-6-5-8-3-1-2-4-9(8)7-10;1-2;/h1-7,11H;1-2H3;/q;;+1/p-1. The van der Waals surface area contributed by atoms with Gasteiger partial charge in [-0.3, -0.25) is 0 Å². The fourth-order valence-corrected chi connectivity index (χ4v) is 1.17. The van der Waals surface area contributed by atoms with Crippen molar-refractivity contribution in [1.29, 1.82) is 0 Å². The average Bonchev–Trinajstić information content (AvgIpc) is 2.21. The normalized spacial score (nSPS) is 8.43. The van der Waals surface area contributed by atoms with Gasteiger partial charge < -0.3 is 5.11 Å². The van der Waals surface area contributed by atoms with Crippen LogP contribution in [0, 0.1) is 0 Å². The summed E-state index contributed by atoms with van der Waals surface area (Å²) in [5, 5.41) is 13.0. The molecule has 2 aromatic carbocycles. The predicted molar refractivity (Wildman–Crippen MR) is 54.7 cm³/mol. The number of rotatable bonds is 0. The van der Waals surface area contributed by atoms with Gasteiger partial charge in [0.25, 0.3) is 0 Å². The first-order chi connectivity index (χ1) is 6.36. The molecule has 0 saturated heterocycles. The van der Waals surface area contributed by atoms with E-state index in [1.807, 2.05) is 44.2 Å². The largest absolute Gasteiger partial charge is 1.00 e. The molecular formula is C12H13NaO. The van der Waals surface area contributed by atoms with E-state index in [1.165, 1.54) is 0 Å². The molecule has 0 heterocycles. The zero-order valence-corrected chi connectivity index (χ0v) is 10.9. The minimum Gasteiger partial charge on any atom is -0.872 e. The van der Waals surface area contributed by atoms with Crippen LogP contribution in [0.5, 0.6) is 5.75 Å². The Morgan fingerprint density at radius 3 is 2.07 bits per heavy atom. The molecule has 2 heteroatoms. The maximum atomic E-state index is 10.9. The van der Waals surface area contributed by atoms with Crippen LogP contribution in [0.15, 0.2) is 42.5 Å². The third-order valence-corrected chi connectivity index (χ3v) is 1.72. The quantitative estimate of drug-likeness (QED) is 0.541. The molecular weight excluding hydrogens is 183 g/mol. The maximum absolute atomic E-state index is 10.9. The molecule has 0 aliphatic rings. The van der Waals surface area contributed by atoms with E-state index in [0.29, 0.717) is 0 Å². The summed E-state index contributed by atoms with van der Waals surface area (Å²) in [6.45, 7) is 4.00. The van der Waals surface area contributed by atoms with Gasteiger partial charge in [-0.2, -0.15) is 0 Å². The van der Waals surface area contributed by atoms with E-state index in [-0.39, 0.29) is 35.3 Å². The minimum absolute atomic E-state index is 0. The fraction of sp³-hybridized carbons (Fsp3) is 0.167. The second-order valence-electron chi connectivity index (χ2n) is 2.51. The molecule has 0 aromatic heterocycles. The van der Waals surface area contributed by atoms with E-state index in [2.05, 4.69) is 0 Å². The Bertz CT molecular complexity index is 385. The molecule has 0 fully saturated rings. The monoisotopic (exact) mass is 196 g/mol. The third kappa shape index (κ3) is 3.33. The first-order valence-electron chi connectivity index (χ1n) is 4.52. The Hall–Kier alpha value is -0.500. The second-order valence-corrected chi connectivity index (χ2v) is 2.51. The van der Waals surface area contributed by atoms with Crippen molar-refractivity contribution >= 4 is 10.8 Å². The Balaban J connectivity index is 0.000000531.